The molecule has 0 unspecified atom stereocenters. The number of unbranched alkanes of at least 4 members (excludes halogenated alkanes) is 1. The Morgan fingerprint density at radius 2 is 1.40 bits per heavy atom. The first-order chi connectivity index (χ1) is 28.9. The molecule has 3 aromatic carbocycles. The Kier molecular flexibility index (Phi) is 14.3. The summed E-state index contributed by atoms with van der Waals surface area (Å²) in [7, 11) is 0. The molecule has 5 atom stereocenters. The van der Waals surface area contributed by atoms with Gasteiger partial charge in [-0.1, -0.05) is 81.8 Å². The first-order valence-electron chi connectivity index (χ1n) is 20.8. The van der Waals surface area contributed by atoms with Gasteiger partial charge in [0.25, 0.3) is 11.8 Å². The number of nitrogens with zero attached hydrogens (tertiary/aromatic N) is 2. The zero-order valence-electron chi connectivity index (χ0n) is 34.3. The molecule has 0 bridgehead atoms. The van der Waals surface area contributed by atoms with Gasteiger partial charge in [-0.25, -0.2) is 0 Å². The second-order valence-electron chi connectivity index (χ2n) is 16.0. The fraction of sp³-hybridized carbons (Fsp3) is 0.455. The van der Waals surface area contributed by atoms with Crippen LogP contribution in [0.4, 0.5) is 0 Å². The molecule has 0 aliphatic carbocycles. The van der Waals surface area contributed by atoms with Crippen LogP contribution in [-0.2, 0) is 35.2 Å². The van der Waals surface area contributed by atoms with Crippen LogP contribution in [0.2, 0.25) is 0 Å². The van der Waals surface area contributed by atoms with Gasteiger partial charge in [0.1, 0.15) is 18.1 Å². The lowest BCUT2D eigenvalue weighted by atomic mass is 9.93. The summed E-state index contributed by atoms with van der Waals surface area (Å²) in [5, 5.41) is 17.7. The van der Waals surface area contributed by atoms with E-state index >= 15 is 0 Å². The number of amides is 8. The number of rotatable bonds is 10. The smallest absolute Gasteiger partial charge is 0.261 e. The molecule has 0 saturated carbocycles. The predicted octanol–water partition coefficient (Wildman–Crippen LogP) is 1.17. The Morgan fingerprint density at radius 1 is 0.767 bits per heavy atom. The minimum absolute atomic E-state index is 0.00414. The fourth-order valence-corrected chi connectivity index (χ4v) is 8.24. The number of carbonyl (C=O) groups is 8. The Morgan fingerprint density at radius 3 is 2.03 bits per heavy atom. The highest BCUT2D eigenvalue weighted by Gasteiger charge is 2.46. The van der Waals surface area contributed by atoms with Crippen LogP contribution in [0.3, 0.4) is 0 Å². The molecular weight excluding hydrogens is 769 g/mol. The molecule has 3 aliphatic rings. The van der Waals surface area contributed by atoms with Crippen molar-refractivity contribution in [2.75, 3.05) is 32.7 Å². The van der Waals surface area contributed by atoms with Gasteiger partial charge in [0, 0.05) is 29.5 Å². The summed E-state index contributed by atoms with van der Waals surface area (Å²) in [5.41, 5.74) is 1.25. The fourth-order valence-electron chi connectivity index (χ4n) is 8.24. The van der Waals surface area contributed by atoms with Gasteiger partial charge in [-0.2, -0.15) is 0 Å². The zero-order chi connectivity index (χ0) is 42.9. The van der Waals surface area contributed by atoms with Crippen LogP contribution in [0.1, 0.15) is 79.2 Å². The Bertz CT molecular complexity index is 2080. The quantitative estimate of drug-likeness (QED) is 0.128. The molecule has 8 amide bonds. The van der Waals surface area contributed by atoms with E-state index in [1.165, 1.54) is 0 Å². The van der Waals surface area contributed by atoms with Crippen LogP contribution in [0, 0.1) is 5.92 Å². The third-order valence-electron chi connectivity index (χ3n) is 11.1. The monoisotopic (exact) mass is 822 g/mol. The van der Waals surface area contributed by atoms with Crippen LogP contribution in [0.15, 0.2) is 66.7 Å². The summed E-state index contributed by atoms with van der Waals surface area (Å²) in [6, 6.07) is 13.4. The van der Waals surface area contributed by atoms with Gasteiger partial charge in [0.05, 0.1) is 31.7 Å². The minimum Gasteiger partial charge on any atom is -0.355 e. The van der Waals surface area contributed by atoms with Gasteiger partial charge in [-0.3, -0.25) is 48.2 Å². The number of benzene rings is 3. The van der Waals surface area contributed by atoms with Crippen molar-refractivity contribution >= 4 is 58.0 Å². The van der Waals surface area contributed by atoms with E-state index in [2.05, 4.69) is 31.9 Å². The third kappa shape index (κ3) is 10.2. The van der Waals surface area contributed by atoms with E-state index in [1.807, 2.05) is 20.8 Å². The molecule has 3 aromatic rings. The van der Waals surface area contributed by atoms with Gasteiger partial charge in [0.15, 0.2) is 0 Å². The molecule has 6 N–H and O–H groups in total. The SMILES string of the molecule is CCCCNC(=O)[C@H]1[C@H](CN2C(=O)c3cccc4cccc(c34)C2=O)NC(=O)[C@H](Cc2ccccc2)NC(=O)CNC(=O)[C@H](CC(C)C)NC(=O)CNC(=O)[C@@H]2CCCN21. The van der Waals surface area contributed by atoms with Crippen LogP contribution < -0.4 is 31.9 Å². The number of hydrogen-bond acceptors (Lipinski definition) is 9. The van der Waals surface area contributed by atoms with Crippen molar-refractivity contribution in [1.29, 1.82) is 0 Å². The van der Waals surface area contributed by atoms with E-state index < -0.39 is 97.1 Å². The molecule has 0 radical (unpaired) electrons. The van der Waals surface area contributed by atoms with Crippen molar-refractivity contribution in [3.8, 4) is 0 Å². The summed E-state index contributed by atoms with van der Waals surface area (Å²) in [6.45, 7) is 4.76. The molecule has 2 saturated heterocycles. The standard InChI is InChI=1S/C44H54N8O8/c1-4-5-19-45-42(58)38-33(25-52-43(59)29-16-9-14-28-15-10-17-30(37(28)29)44(52)60)50-40(56)32(22-27-12-7-6-8-13-27)49-35(53)23-46-39(55)31(21-26(2)3)48-36(54)24-47-41(57)34-18-11-20-51(34)38/h6-10,12-17,26,31-34,38H,4-5,11,18-25H2,1-3H3,(H,45,58)(H,46,55)(H,47,57)(H,48,54)(H,49,53)(H,50,56)/t31-,32-,33-,34-,38+/m0/s1. The second kappa shape index (κ2) is 19.7. The maximum absolute atomic E-state index is 14.7. The summed E-state index contributed by atoms with van der Waals surface area (Å²) in [4.78, 5) is 115. The first-order valence-corrected chi connectivity index (χ1v) is 20.8. The average molecular weight is 823 g/mol. The minimum atomic E-state index is -1.31. The molecule has 2 fully saturated rings. The highest BCUT2D eigenvalue weighted by atomic mass is 16.2. The largest absolute Gasteiger partial charge is 0.355 e. The molecular formula is C44H54N8O8. The van der Waals surface area contributed by atoms with Gasteiger partial charge in [0.2, 0.25) is 35.4 Å². The molecule has 0 aromatic heterocycles. The van der Waals surface area contributed by atoms with Crippen molar-refractivity contribution in [1.82, 2.24) is 41.7 Å². The normalized spacial score (nSPS) is 23.5. The van der Waals surface area contributed by atoms with E-state index in [0.717, 1.165) is 11.3 Å². The Hall–Kier alpha value is -6.16. The van der Waals surface area contributed by atoms with Crippen LogP contribution in [0.5, 0.6) is 0 Å². The van der Waals surface area contributed by atoms with E-state index in [9.17, 15) is 38.4 Å². The summed E-state index contributed by atoms with van der Waals surface area (Å²) >= 11 is 0. The maximum atomic E-state index is 14.7. The summed E-state index contributed by atoms with van der Waals surface area (Å²) in [6.07, 6.45) is 2.44. The molecule has 16 heteroatoms. The highest BCUT2D eigenvalue weighted by molar-refractivity contribution is 6.25. The lowest BCUT2D eigenvalue weighted by Gasteiger charge is -2.39. The Labute approximate surface area is 348 Å². The maximum Gasteiger partial charge on any atom is 0.261 e. The molecule has 3 aliphatic heterocycles. The lowest BCUT2D eigenvalue weighted by molar-refractivity contribution is -0.136. The van der Waals surface area contributed by atoms with E-state index in [4.69, 9.17) is 0 Å². The van der Waals surface area contributed by atoms with Crippen LogP contribution in [0.25, 0.3) is 10.8 Å². The summed E-state index contributed by atoms with van der Waals surface area (Å²) in [5.74, 6) is -5.00. The van der Waals surface area contributed by atoms with Gasteiger partial charge >= 0.3 is 0 Å². The zero-order valence-corrected chi connectivity index (χ0v) is 34.3. The van der Waals surface area contributed by atoms with Crippen molar-refractivity contribution in [2.24, 2.45) is 5.92 Å². The topological polar surface area (TPSA) is 215 Å². The van der Waals surface area contributed by atoms with E-state index in [1.54, 1.807) is 71.6 Å². The second-order valence-corrected chi connectivity index (χ2v) is 16.0. The molecule has 0 spiro atoms. The first kappa shape index (κ1) is 43.4. The lowest BCUT2D eigenvalue weighted by Crippen LogP contribution is -2.66. The average Bonchev–Trinajstić information content (AvgIpc) is 3.71. The molecule has 318 valence electrons. The van der Waals surface area contributed by atoms with Crippen molar-refractivity contribution in [2.45, 2.75) is 89.5 Å². The Balaban J connectivity index is 1.43. The number of fused-ring (bicyclic) bond motifs is 1. The van der Waals surface area contributed by atoms with Crippen molar-refractivity contribution in [3.63, 3.8) is 0 Å². The third-order valence-corrected chi connectivity index (χ3v) is 11.1. The predicted molar refractivity (Wildman–Crippen MR) is 222 cm³/mol. The van der Waals surface area contributed by atoms with Gasteiger partial charge in [-0.05, 0) is 61.2 Å². The highest BCUT2D eigenvalue weighted by Crippen LogP contribution is 2.31. The van der Waals surface area contributed by atoms with Crippen molar-refractivity contribution in [3.05, 3.63) is 83.4 Å². The van der Waals surface area contributed by atoms with Crippen LogP contribution >= 0.6 is 0 Å². The molecule has 60 heavy (non-hydrogen) atoms. The van der Waals surface area contributed by atoms with Gasteiger partial charge < -0.3 is 31.9 Å². The van der Waals surface area contributed by atoms with Crippen molar-refractivity contribution < 1.29 is 38.4 Å². The molecule has 3 heterocycles. The number of carbonyl (C=O) groups excluding carboxylic acids is 8. The number of nitrogens with one attached hydrogen (secondary N) is 6. The van der Waals surface area contributed by atoms with Gasteiger partial charge in [-0.15, -0.1) is 0 Å². The van der Waals surface area contributed by atoms with Crippen LogP contribution in [-0.4, -0.2) is 120 Å². The number of hydrogen-bond donors (Lipinski definition) is 6. The number of imide groups is 1. The van der Waals surface area contributed by atoms with E-state index in [-0.39, 0.29) is 43.0 Å². The molecule has 16 nitrogen and oxygen atoms in total. The van der Waals surface area contributed by atoms with E-state index in [0.29, 0.717) is 35.6 Å². The summed E-state index contributed by atoms with van der Waals surface area (Å²) < 4.78 is 0. The molecule has 6 rings (SSSR count).